The molecule has 1 unspecified atom stereocenters. The summed E-state index contributed by atoms with van der Waals surface area (Å²) in [5.74, 6) is -0.0292. The number of amides is 2. The first kappa shape index (κ1) is 16.3. The molecule has 1 fully saturated rings. The van der Waals surface area contributed by atoms with Gasteiger partial charge in [0.2, 0.25) is 5.91 Å². The van der Waals surface area contributed by atoms with Gasteiger partial charge in [0.05, 0.1) is 18.3 Å². The average molecular weight is 305 g/mol. The molecular weight excluding hydrogens is 282 g/mol. The number of hydrogen-bond acceptors (Lipinski definition) is 4. The number of nitrogens with zero attached hydrogens (tertiary/aromatic N) is 2. The van der Waals surface area contributed by atoms with E-state index in [0.29, 0.717) is 32.5 Å². The summed E-state index contributed by atoms with van der Waals surface area (Å²) >= 11 is 0. The third-order valence-electron chi connectivity index (χ3n) is 3.88. The fourth-order valence-electron chi connectivity index (χ4n) is 2.58. The van der Waals surface area contributed by atoms with Gasteiger partial charge in [-0.05, 0) is 38.8 Å². The third kappa shape index (κ3) is 4.19. The van der Waals surface area contributed by atoms with Gasteiger partial charge in [0.25, 0.3) is 0 Å². The van der Waals surface area contributed by atoms with Crippen LogP contribution in [-0.4, -0.2) is 41.6 Å². The molecular formula is C16H23N3O3. The van der Waals surface area contributed by atoms with Gasteiger partial charge in [-0.25, -0.2) is 4.79 Å². The standard InChI is InChI=1S/C16H23N3O3/c1-3-22-16(21)19-10-7-13(8-11-19)15(20)18-12(2)14-6-4-5-9-17-14/h4-6,9,12-13H,3,7-8,10-11H2,1-2H3,(H,18,20). The van der Waals surface area contributed by atoms with E-state index in [9.17, 15) is 9.59 Å². The number of ether oxygens (including phenoxy) is 1. The van der Waals surface area contributed by atoms with Crippen LogP contribution >= 0.6 is 0 Å². The quantitative estimate of drug-likeness (QED) is 0.925. The smallest absolute Gasteiger partial charge is 0.409 e. The zero-order valence-corrected chi connectivity index (χ0v) is 13.1. The Morgan fingerprint density at radius 3 is 2.73 bits per heavy atom. The van der Waals surface area contributed by atoms with Crippen molar-refractivity contribution in [3.63, 3.8) is 0 Å². The minimum atomic E-state index is -0.289. The van der Waals surface area contributed by atoms with Crippen LogP contribution in [0.15, 0.2) is 24.4 Å². The number of likely N-dealkylation sites (tertiary alicyclic amines) is 1. The number of piperidine rings is 1. The minimum absolute atomic E-state index is 0.0293. The Balaban J connectivity index is 1.81. The SMILES string of the molecule is CCOC(=O)N1CCC(C(=O)NC(C)c2ccccn2)CC1. The van der Waals surface area contributed by atoms with Gasteiger partial charge in [-0.2, -0.15) is 0 Å². The van der Waals surface area contributed by atoms with Crippen LogP contribution in [0.1, 0.15) is 38.4 Å². The molecule has 1 aliphatic rings. The summed E-state index contributed by atoms with van der Waals surface area (Å²) in [4.78, 5) is 29.9. The first-order chi connectivity index (χ1) is 10.6. The van der Waals surface area contributed by atoms with Crippen molar-refractivity contribution in [2.75, 3.05) is 19.7 Å². The number of aromatic nitrogens is 1. The van der Waals surface area contributed by atoms with Crippen LogP contribution in [0.3, 0.4) is 0 Å². The lowest BCUT2D eigenvalue weighted by Gasteiger charge is -2.31. The predicted molar refractivity (Wildman–Crippen MR) is 82.1 cm³/mol. The van der Waals surface area contributed by atoms with E-state index >= 15 is 0 Å². The van der Waals surface area contributed by atoms with Gasteiger partial charge in [-0.1, -0.05) is 6.07 Å². The number of pyridine rings is 1. The minimum Gasteiger partial charge on any atom is -0.450 e. The lowest BCUT2D eigenvalue weighted by molar-refractivity contribution is -0.127. The highest BCUT2D eigenvalue weighted by Crippen LogP contribution is 2.19. The molecule has 6 heteroatoms. The van der Waals surface area contributed by atoms with Gasteiger partial charge in [-0.3, -0.25) is 9.78 Å². The molecule has 1 N–H and O–H groups in total. The molecule has 22 heavy (non-hydrogen) atoms. The van der Waals surface area contributed by atoms with Crippen molar-refractivity contribution in [2.45, 2.75) is 32.7 Å². The maximum atomic E-state index is 12.3. The molecule has 1 aromatic rings. The van der Waals surface area contributed by atoms with E-state index in [1.807, 2.05) is 25.1 Å². The Kier molecular flexibility index (Phi) is 5.75. The van der Waals surface area contributed by atoms with E-state index in [4.69, 9.17) is 4.74 Å². The van der Waals surface area contributed by atoms with E-state index in [1.165, 1.54) is 0 Å². The molecule has 2 heterocycles. The zero-order chi connectivity index (χ0) is 15.9. The number of rotatable bonds is 4. The van der Waals surface area contributed by atoms with Crippen LogP contribution < -0.4 is 5.32 Å². The summed E-state index contributed by atoms with van der Waals surface area (Å²) in [7, 11) is 0. The predicted octanol–water partition coefficient (Wildman–Crippen LogP) is 2.13. The second-order valence-electron chi connectivity index (χ2n) is 5.45. The van der Waals surface area contributed by atoms with Crippen molar-refractivity contribution in [1.29, 1.82) is 0 Å². The van der Waals surface area contributed by atoms with Crippen LogP contribution in [-0.2, 0) is 9.53 Å². The van der Waals surface area contributed by atoms with Crippen molar-refractivity contribution in [2.24, 2.45) is 5.92 Å². The van der Waals surface area contributed by atoms with Crippen LogP contribution in [0.25, 0.3) is 0 Å². The molecule has 6 nitrogen and oxygen atoms in total. The highest BCUT2D eigenvalue weighted by molar-refractivity contribution is 5.79. The van der Waals surface area contributed by atoms with E-state index in [1.54, 1.807) is 18.0 Å². The van der Waals surface area contributed by atoms with Crippen LogP contribution in [0.2, 0.25) is 0 Å². The van der Waals surface area contributed by atoms with Crippen molar-refractivity contribution >= 4 is 12.0 Å². The molecule has 2 amide bonds. The molecule has 0 aromatic carbocycles. The fraction of sp³-hybridized carbons (Fsp3) is 0.562. The van der Waals surface area contributed by atoms with Gasteiger partial charge in [0.1, 0.15) is 0 Å². The Bertz CT molecular complexity index is 499. The molecule has 2 rings (SSSR count). The molecule has 0 spiro atoms. The Morgan fingerprint density at radius 1 is 1.41 bits per heavy atom. The van der Waals surface area contributed by atoms with Gasteiger partial charge >= 0.3 is 6.09 Å². The van der Waals surface area contributed by atoms with E-state index in [0.717, 1.165) is 5.69 Å². The van der Waals surface area contributed by atoms with Crippen LogP contribution in [0, 0.1) is 5.92 Å². The van der Waals surface area contributed by atoms with Crippen LogP contribution in [0.5, 0.6) is 0 Å². The summed E-state index contributed by atoms with van der Waals surface area (Å²) in [6.45, 7) is 5.22. The number of nitrogens with one attached hydrogen (secondary N) is 1. The van der Waals surface area contributed by atoms with Crippen LogP contribution in [0.4, 0.5) is 4.79 Å². The zero-order valence-electron chi connectivity index (χ0n) is 13.1. The van der Waals surface area contributed by atoms with Gasteiger partial charge in [-0.15, -0.1) is 0 Å². The topological polar surface area (TPSA) is 71.5 Å². The molecule has 1 aliphatic heterocycles. The molecule has 0 bridgehead atoms. The van der Waals surface area contributed by atoms with Crippen molar-refractivity contribution in [3.8, 4) is 0 Å². The number of hydrogen-bond donors (Lipinski definition) is 1. The van der Waals surface area contributed by atoms with Gasteiger partial charge in [0, 0.05) is 25.2 Å². The first-order valence-electron chi connectivity index (χ1n) is 7.74. The monoisotopic (exact) mass is 305 g/mol. The van der Waals surface area contributed by atoms with Crippen molar-refractivity contribution in [3.05, 3.63) is 30.1 Å². The molecule has 1 saturated heterocycles. The highest BCUT2D eigenvalue weighted by atomic mass is 16.6. The Morgan fingerprint density at radius 2 is 2.14 bits per heavy atom. The highest BCUT2D eigenvalue weighted by Gasteiger charge is 2.28. The summed E-state index contributed by atoms with van der Waals surface area (Å²) in [5, 5.41) is 3.00. The first-order valence-corrected chi connectivity index (χ1v) is 7.74. The Labute approximate surface area is 130 Å². The number of carbonyl (C=O) groups is 2. The van der Waals surface area contributed by atoms with E-state index < -0.39 is 0 Å². The normalized spacial score (nSPS) is 16.9. The van der Waals surface area contributed by atoms with Crippen molar-refractivity contribution in [1.82, 2.24) is 15.2 Å². The maximum absolute atomic E-state index is 12.3. The van der Waals surface area contributed by atoms with Gasteiger partial charge < -0.3 is 15.0 Å². The molecule has 0 radical (unpaired) electrons. The summed E-state index contributed by atoms with van der Waals surface area (Å²) in [5.41, 5.74) is 0.847. The molecule has 0 saturated carbocycles. The second-order valence-corrected chi connectivity index (χ2v) is 5.45. The second kappa shape index (κ2) is 7.77. The van der Waals surface area contributed by atoms with E-state index in [2.05, 4.69) is 10.3 Å². The third-order valence-corrected chi connectivity index (χ3v) is 3.88. The maximum Gasteiger partial charge on any atom is 0.409 e. The number of carbonyl (C=O) groups excluding carboxylic acids is 2. The summed E-state index contributed by atoms with van der Waals surface area (Å²) < 4.78 is 4.98. The average Bonchev–Trinajstić information content (AvgIpc) is 2.56. The fourth-order valence-corrected chi connectivity index (χ4v) is 2.58. The molecule has 0 aliphatic carbocycles. The lowest BCUT2D eigenvalue weighted by Crippen LogP contribution is -2.43. The molecule has 120 valence electrons. The Hall–Kier alpha value is -2.11. The lowest BCUT2D eigenvalue weighted by atomic mass is 9.95. The van der Waals surface area contributed by atoms with Gasteiger partial charge in [0.15, 0.2) is 0 Å². The van der Waals surface area contributed by atoms with Crippen molar-refractivity contribution < 1.29 is 14.3 Å². The summed E-state index contributed by atoms with van der Waals surface area (Å²) in [6.07, 6.45) is 2.76. The van der Waals surface area contributed by atoms with E-state index in [-0.39, 0.29) is 24.0 Å². The molecule has 1 aromatic heterocycles. The molecule has 1 atom stereocenters. The summed E-state index contributed by atoms with van der Waals surface area (Å²) in [6, 6.07) is 5.54. The largest absolute Gasteiger partial charge is 0.450 e.